The van der Waals surface area contributed by atoms with Crippen molar-refractivity contribution in [2.75, 3.05) is 25.2 Å². The van der Waals surface area contributed by atoms with Gasteiger partial charge < -0.3 is 34.4 Å². The summed E-state index contributed by atoms with van der Waals surface area (Å²) < 4.78 is 18.4. The van der Waals surface area contributed by atoms with Gasteiger partial charge in [-0.25, -0.2) is 0 Å². The highest BCUT2D eigenvalue weighted by Gasteiger charge is 2.73. The van der Waals surface area contributed by atoms with Crippen molar-refractivity contribution >= 4 is 29.4 Å². The fraction of sp³-hybridized carbons (Fsp3) is 0.474. The third-order valence-electron chi connectivity index (χ3n) is 10.5. The Bertz CT molecular complexity index is 1610. The molecule has 6 rings (SSSR count). The Labute approximate surface area is 286 Å². The average Bonchev–Trinajstić information content (AvgIpc) is 3.50. The zero-order valence-electron chi connectivity index (χ0n) is 28.4. The third-order valence-corrected chi connectivity index (χ3v) is 10.5. The molecule has 11 nitrogen and oxygen atoms in total. The molecule has 4 heterocycles. The maximum atomic E-state index is 14.9. The molecule has 0 radical (unpaired) electrons. The maximum Gasteiger partial charge on any atom is 0.313 e. The topological polar surface area (TPSA) is 135 Å². The van der Waals surface area contributed by atoms with Crippen molar-refractivity contribution in [2.45, 2.75) is 76.0 Å². The number of esters is 1. The number of hydrogen-bond acceptors (Lipinski definition) is 8. The lowest BCUT2D eigenvalue weighted by Crippen LogP contribution is -2.59. The highest BCUT2D eigenvalue weighted by molar-refractivity contribution is 6.05. The fourth-order valence-corrected chi connectivity index (χ4v) is 7.81. The molecule has 2 aromatic rings. The van der Waals surface area contributed by atoms with E-state index in [1.807, 2.05) is 50.3 Å². The first-order chi connectivity index (χ1) is 23.6. The van der Waals surface area contributed by atoms with Gasteiger partial charge in [-0.05, 0) is 49.1 Å². The minimum Gasteiger partial charge on any atom is -0.497 e. The average molecular weight is 672 g/mol. The number of hydrogen-bond donors (Lipinski definition) is 2. The number of fused-ring (bicyclic) bond motifs is 2. The summed E-state index contributed by atoms with van der Waals surface area (Å²) in [7, 11) is 1.57. The second-order valence-corrected chi connectivity index (χ2v) is 13.4. The molecule has 0 unspecified atom stereocenters. The van der Waals surface area contributed by atoms with Gasteiger partial charge in [-0.1, -0.05) is 74.9 Å². The number of cyclic esters (lactones) is 1. The number of methoxy groups -OCH3 is 1. The molecule has 1 spiro atoms. The number of carbonyl (C=O) groups is 4. The predicted octanol–water partition coefficient (Wildman–Crippen LogP) is 3.73. The molecule has 4 aliphatic rings. The lowest BCUT2D eigenvalue weighted by molar-refractivity contribution is -0.162. The van der Waals surface area contributed by atoms with Crippen molar-refractivity contribution in [3.63, 3.8) is 0 Å². The number of ether oxygens (including phenoxy) is 3. The van der Waals surface area contributed by atoms with Gasteiger partial charge in [0, 0.05) is 18.7 Å². The monoisotopic (exact) mass is 671 g/mol. The predicted molar refractivity (Wildman–Crippen MR) is 181 cm³/mol. The molecule has 260 valence electrons. The zero-order valence-corrected chi connectivity index (χ0v) is 28.4. The largest absolute Gasteiger partial charge is 0.497 e. The number of aliphatic hydroxyl groups is 1. The van der Waals surface area contributed by atoms with E-state index in [4.69, 9.17) is 14.2 Å². The molecule has 2 aromatic carbocycles. The highest BCUT2D eigenvalue weighted by Crippen LogP contribution is 2.54. The first-order valence-corrected chi connectivity index (χ1v) is 17.1. The van der Waals surface area contributed by atoms with E-state index in [0.717, 1.165) is 0 Å². The van der Waals surface area contributed by atoms with Crippen LogP contribution in [0.4, 0.5) is 5.69 Å². The minimum absolute atomic E-state index is 0.162. The summed E-state index contributed by atoms with van der Waals surface area (Å²) in [6.07, 6.45) is 6.55. The minimum atomic E-state index is -1.53. The molecule has 0 aromatic heterocycles. The van der Waals surface area contributed by atoms with Crippen LogP contribution in [0, 0.1) is 17.8 Å². The lowest BCUT2D eigenvalue weighted by Gasteiger charge is -2.40. The van der Waals surface area contributed by atoms with Gasteiger partial charge in [0.1, 0.15) is 29.4 Å². The van der Waals surface area contributed by atoms with Crippen LogP contribution < -0.4 is 15.0 Å². The first kappa shape index (κ1) is 34.4. The number of rotatable bonds is 7. The van der Waals surface area contributed by atoms with Gasteiger partial charge in [0.25, 0.3) is 5.91 Å². The number of amides is 3. The third kappa shape index (κ3) is 6.14. The summed E-state index contributed by atoms with van der Waals surface area (Å²) in [6, 6.07) is 13.8. The normalized spacial score (nSPS) is 32.0. The summed E-state index contributed by atoms with van der Waals surface area (Å²) in [5.74, 6) is -3.42. The smallest absolute Gasteiger partial charge is 0.313 e. The lowest BCUT2D eigenvalue weighted by atomic mass is 9.77. The Morgan fingerprint density at radius 2 is 1.78 bits per heavy atom. The molecule has 0 saturated carbocycles. The van der Waals surface area contributed by atoms with E-state index in [2.05, 4.69) is 5.32 Å². The highest BCUT2D eigenvalue weighted by atomic mass is 16.6. The van der Waals surface area contributed by atoms with Gasteiger partial charge in [-0.3, -0.25) is 19.2 Å². The molecule has 2 fully saturated rings. The van der Waals surface area contributed by atoms with Gasteiger partial charge in [-0.15, -0.1) is 0 Å². The number of benzene rings is 2. The number of nitrogens with zero attached hydrogens (tertiary/aromatic N) is 2. The first-order valence-electron chi connectivity index (χ1n) is 17.1. The van der Waals surface area contributed by atoms with Crippen LogP contribution in [0.3, 0.4) is 0 Å². The van der Waals surface area contributed by atoms with Crippen LogP contribution in [0.5, 0.6) is 5.75 Å². The van der Waals surface area contributed by atoms with E-state index in [0.29, 0.717) is 29.8 Å². The van der Waals surface area contributed by atoms with Crippen molar-refractivity contribution in [3.8, 4) is 5.75 Å². The molecule has 3 amide bonds. The van der Waals surface area contributed by atoms with Crippen LogP contribution in [-0.4, -0.2) is 83.8 Å². The molecule has 49 heavy (non-hydrogen) atoms. The van der Waals surface area contributed by atoms with Gasteiger partial charge >= 0.3 is 5.97 Å². The summed E-state index contributed by atoms with van der Waals surface area (Å²) in [5.41, 5.74) is -0.236. The Morgan fingerprint density at radius 3 is 2.45 bits per heavy atom. The number of aliphatic hydroxyl groups excluding tert-OH is 1. The van der Waals surface area contributed by atoms with Gasteiger partial charge in [0.05, 0.1) is 37.8 Å². The summed E-state index contributed by atoms with van der Waals surface area (Å²) >= 11 is 0. The number of carbonyl (C=O) groups excluding carboxylic acids is 4. The standard InChI is InChI=1S/C38H45N3O8/c1-5-23(2)28(22-42)41-34-36(45)40(26-16-18-27(47-4)19-17-26)21-11-20-38(34)32(35(41)44)31-29(49-38)14-9-10-15-30(43)39-24(3)33(48-37(31)46)25-12-7-6-8-13-25/h6-9,11-14,16-20,23-24,28-29,31-34,42H,5,10,15,21-22H2,1-4H3,(H,39,43)/b14-9-/t23-,24-,28-,29-,31+,32+,33+,34-,38+/m0/s1. The van der Waals surface area contributed by atoms with E-state index in [1.54, 1.807) is 61.4 Å². The van der Waals surface area contributed by atoms with Gasteiger partial charge in [0.2, 0.25) is 11.8 Å². The van der Waals surface area contributed by atoms with Crippen molar-refractivity contribution in [1.29, 1.82) is 0 Å². The zero-order chi connectivity index (χ0) is 34.9. The quantitative estimate of drug-likeness (QED) is 0.336. The van der Waals surface area contributed by atoms with E-state index < -0.39 is 59.6 Å². The van der Waals surface area contributed by atoms with Crippen molar-refractivity contribution < 1.29 is 38.5 Å². The van der Waals surface area contributed by atoms with Gasteiger partial charge in [-0.2, -0.15) is 0 Å². The second kappa shape index (κ2) is 14.2. The van der Waals surface area contributed by atoms with Crippen molar-refractivity contribution in [2.24, 2.45) is 17.8 Å². The van der Waals surface area contributed by atoms with Crippen LogP contribution >= 0.6 is 0 Å². The summed E-state index contributed by atoms with van der Waals surface area (Å²) in [5, 5.41) is 13.7. The molecule has 2 saturated heterocycles. The molecule has 0 aliphatic carbocycles. The molecular formula is C38H45N3O8. The van der Waals surface area contributed by atoms with E-state index in [-0.39, 0.29) is 37.3 Å². The molecule has 9 atom stereocenters. The van der Waals surface area contributed by atoms with E-state index >= 15 is 0 Å². The Kier molecular flexibility index (Phi) is 9.94. The van der Waals surface area contributed by atoms with E-state index in [1.165, 1.54) is 4.90 Å². The van der Waals surface area contributed by atoms with Crippen LogP contribution in [0.15, 0.2) is 78.9 Å². The van der Waals surface area contributed by atoms with Gasteiger partial charge in [0.15, 0.2) is 0 Å². The number of nitrogens with one attached hydrogen (secondary N) is 1. The molecule has 2 N–H and O–H groups in total. The van der Waals surface area contributed by atoms with Crippen LogP contribution in [0.2, 0.25) is 0 Å². The molecule has 11 heteroatoms. The maximum absolute atomic E-state index is 14.9. The SMILES string of the molecule is CC[C@H](C)[C@H](CO)N1C(=O)[C@H]2[C@@H]3C(=O)O[C@@H](c4ccccc4)[C@H](C)NC(=O)CC/C=C\[C@@H]3O[C@]23C=CCN(c2ccc(OC)cc2)C(=O)[C@H]13. The summed E-state index contributed by atoms with van der Waals surface area (Å²) in [6.45, 7) is 5.51. The van der Waals surface area contributed by atoms with Crippen LogP contribution in [0.1, 0.15) is 51.7 Å². The number of likely N-dealkylation sites (tertiary alicyclic amines) is 1. The van der Waals surface area contributed by atoms with Crippen molar-refractivity contribution in [1.82, 2.24) is 10.2 Å². The Morgan fingerprint density at radius 1 is 1.04 bits per heavy atom. The molecular weight excluding hydrogens is 626 g/mol. The summed E-state index contributed by atoms with van der Waals surface area (Å²) in [4.78, 5) is 60.2. The van der Waals surface area contributed by atoms with Crippen LogP contribution in [-0.2, 0) is 28.7 Å². The van der Waals surface area contributed by atoms with Crippen LogP contribution in [0.25, 0.3) is 0 Å². The number of anilines is 1. The van der Waals surface area contributed by atoms with Crippen molar-refractivity contribution in [3.05, 3.63) is 84.5 Å². The fourth-order valence-electron chi connectivity index (χ4n) is 7.81. The van der Waals surface area contributed by atoms with E-state index in [9.17, 15) is 24.3 Å². The Hall–Kier alpha value is -4.48. The molecule has 4 aliphatic heterocycles. The number of allylic oxidation sites excluding steroid dienone is 1. The molecule has 0 bridgehead atoms. The Balaban J connectivity index is 1.47. The second-order valence-electron chi connectivity index (χ2n) is 13.4.